The number of nitrogens with one attached hydrogen (secondary N) is 2. The van der Waals surface area contributed by atoms with E-state index in [0.29, 0.717) is 18.8 Å². The molecule has 0 fully saturated rings. The quantitative estimate of drug-likeness (QED) is 0.764. The predicted octanol–water partition coefficient (Wildman–Crippen LogP) is 1.34. The van der Waals surface area contributed by atoms with Crippen LogP contribution >= 0.6 is 0 Å². The van der Waals surface area contributed by atoms with E-state index in [1.165, 1.54) is 12.7 Å². The van der Waals surface area contributed by atoms with E-state index in [4.69, 9.17) is 0 Å². The van der Waals surface area contributed by atoms with Gasteiger partial charge in [-0.05, 0) is 6.42 Å². The van der Waals surface area contributed by atoms with Gasteiger partial charge in [-0.25, -0.2) is 9.97 Å². The number of aromatic nitrogens is 4. The van der Waals surface area contributed by atoms with Gasteiger partial charge in [0.15, 0.2) is 5.82 Å². The Bertz CT molecular complexity index is 458. The summed E-state index contributed by atoms with van der Waals surface area (Å²) >= 11 is 0. The molecular weight excluding hydrogens is 232 g/mol. The first-order valence-electron chi connectivity index (χ1n) is 5.93. The highest BCUT2D eigenvalue weighted by Crippen LogP contribution is 2.08. The first-order valence-corrected chi connectivity index (χ1v) is 5.93. The van der Waals surface area contributed by atoms with Crippen LogP contribution in [0.2, 0.25) is 0 Å². The molecule has 0 aliphatic carbocycles. The van der Waals surface area contributed by atoms with Gasteiger partial charge >= 0.3 is 0 Å². The maximum absolute atomic E-state index is 4.66. The van der Waals surface area contributed by atoms with E-state index in [9.17, 15) is 0 Å². The van der Waals surface area contributed by atoms with Crippen LogP contribution < -0.4 is 10.6 Å². The molecule has 7 nitrogen and oxygen atoms in total. The molecule has 7 heteroatoms. The summed E-state index contributed by atoms with van der Waals surface area (Å²) in [4.78, 5) is 12.2. The molecule has 2 heterocycles. The van der Waals surface area contributed by atoms with E-state index in [1.807, 2.05) is 6.07 Å². The van der Waals surface area contributed by atoms with Crippen LogP contribution in [0.25, 0.3) is 0 Å². The van der Waals surface area contributed by atoms with Crippen LogP contribution in [0.4, 0.5) is 11.6 Å². The molecule has 0 aromatic carbocycles. The van der Waals surface area contributed by atoms with Gasteiger partial charge in [0.25, 0.3) is 0 Å². The molecule has 2 rings (SSSR count). The lowest BCUT2D eigenvalue weighted by Crippen LogP contribution is -2.09. The van der Waals surface area contributed by atoms with E-state index in [-0.39, 0.29) is 0 Å². The van der Waals surface area contributed by atoms with Crippen molar-refractivity contribution in [3.63, 3.8) is 0 Å². The van der Waals surface area contributed by atoms with Gasteiger partial charge in [0, 0.05) is 25.6 Å². The van der Waals surface area contributed by atoms with E-state index in [2.05, 4.69) is 42.2 Å². The molecule has 2 aromatic heterocycles. The Kier molecular flexibility index (Phi) is 4.46. The smallest absolute Gasteiger partial charge is 0.213 e. The zero-order valence-corrected chi connectivity index (χ0v) is 10.3. The summed E-state index contributed by atoms with van der Waals surface area (Å²) in [5, 5.41) is 10.1. The van der Waals surface area contributed by atoms with Crippen LogP contribution in [0.3, 0.4) is 0 Å². The zero-order valence-electron chi connectivity index (χ0n) is 10.3. The summed E-state index contributed by atoms with van der Waals surface area (Å²) < 4.78 is 4.66. The lowest BCUT2D eigenvalue weighted by Gasteiger charge is -2.06. The number of anilines is 2. The van der Waals surface area contributed by atoms with Gasteiger partial charge in [-0.2, -0.15) is 4.98 Å². The summed E-state index contributed by atoms with van der Waals surface area (Å²) in [6, 6.07) is 1.88. The lowest BCUT2D eigenvalue weighted by molar-refractivity contribution is 0.410. The molecule has 0 bridgehead atoms. The van der Waals surface area contributed by atoms with Gasteiger partial charge in [-0.1, -0.05) is 12.1 Å². The number of rotatable bonds is 7. The van der Waals surface area contributed by atoms with Gasteiger partial charge in [0.05, 0.1) is 0 Å². The predicted molar refractivity (Wildman–Crippen MR) is 67.3 cm³/mol. The average molecular weight is 248 g/mol. The molecule has 0 saturated heterocycles. The molecule has 0 saturated carbocycles. The fourth-order valence-corrected chi connectivity index (χ4v) is 1.41. The monoisotopic (exact) mass is 248 g/mol. The molecule has 0 aliphatic rings. The first-order chi connectivity index (χ1) is 8.88. The van der Waals surface area contributed by atoms with Crippen molar-refractivity contribution in [1.29, 1.82) is 0 Å². The van der Waals surface area contributed by atoms with Gasteiger partial charge in [0.2, 0.25) is 6.39 Å². The van der Waals surface area contributed by atoms with Gasteiger partial charge in [0.1, 0.15) is 18.0 Å². The number of hydrogen-bond donors (Lipinski definition) is 2. The lowest BCUT2D eigenvalue weighted by atomic mass is 10.4. The third-order valence-electron chi connectivity index (χ3n) is 2.28. The zero-order chi connectivity index (χ0) is 12.6. The Balaban J connectivity index is 1.81. The molecule has 2 N–H and O–H groups in total. The molecular formula is C11H16N6O. The third-order valence-corrected chi connectivity index (χ3v) is 2.28. The highest BCUT2D eigenvalue weighted by atomic mass is 16.5. The second-order valence-corrected chi connectivity index (χ2v) is 3.74. The molecule has 0 amide bonds. The summed E-state index contributed by atoms with van der Waals surface area (Å²) in [7, 11) is 0. The van der Waals surface area contributed by atoms with Crippen molar-refractivity contribution in [3.8, 4) is 0 Å². The highest BCUT2D eigenvalue weighted by molar-refractivity contribution is 5.46. The van der Waals surface area contributed by atoms with E-state index >= 15 is 0 Å². The van der Waals surface area contributed by atoms with Gasteiger partial charge < -0.3 is 15.2 Å². The summed E-state index contributed by atoms with van der Waals surface area (Å²) in [6.45, 7) is 3.71. The highest BCUT2D eigenvalue weighted by Gasteiger charge is 2.00. The topological polar surface area (TPSA) is 88.8 Å². The van der Waals surface area contributed by atoms with E-state index in [0.717, 1.165) is 24.6 Å². The molecule has 96 valence electrons. The first kappa shape index (κ1) is 12.3. The minimum Gasteiger partial charge on any atom is -0.370 e. The Morgan fingerprint density at radius 2 is 1.89 bits per heavy atom. The van der Waals surface area contributed by atoms with Gasteiger partial charge in [-0.15, -0.1) is 0 Å². The molecule has 0 radical (unpaired) electrons. The van der Waals surface area contributed by atoms with Crippen molar-refractivity contribution in [2.75, 3.05) is 23.7 Å². The molecule has 0 unspecified atom stereocenters. The average Bonchev–Trinajstić information content (AvgIpc) is 2.90. The van der Waals surface area contributed by atoms with Crippen molar-refractivity contribution < 1.29 is 4.52 Å². The summed E-state index contributed by atoms with van der Waals surface area (Å²) in [6.07, 6.45) is 4.62. The minimum atomic E-state index is 0.681. The van der Waals surface area contributed by atoms with E-state index < -0.39 is 0 Å². The third kappa shape index (κ3) is 3.69. The number of nitrogens with zero attached hydrogens (tertiary/aromatic N) is 4. The Morgan fingerprint density at radius 3 is 2.56 bits per heavy atom. The van der Waals surface area contributed by atoms with E-state index in [1.54, 1.807) is 0 Å². The molecule has 0 atom stereocenters. The largest absolute Gasteiger partial charge is 0.370 e. The second-order valence-electron chi connectivity index (χ2n) is 3.74. The fraction of sp³-hybridized carbons (Fsp3) is 0.455. The second kappa shape index (κ2) is 6.53. The minimum absolute atomic E-state index is 0.681. The van der Waals surface area contributed by atoms with Crippen molar-refractivity contribution in [2.45, 2.75) is 19.8 Å². The Morgan fingerprint density at radius 1 is 1.11 bits per heavy atom. The van der Waals surface area contributed by atoms with Crippen LogP contribution in [0.5, 0.6) is 0 Å². The Hall–Kier alpha value is -2.18. The molecule has 2 aromatic rings. The van der Waals surface area contributed by atoms with Crippen molar-refractivity contribution in [3.05, 3.63) is 24.6 Å². The normalized spacial score (nSPS) is 10.3. The summed E-state index contributed by atoms with van der Waals surface area (Å²) in [5.41, 5.74) is 0. The van der Waals surface area contributed by atoms with Crippen LogP contribution in [-0.4, -0.2) is 33.2 Å². The number of hydrogen-bond acceptors (Lipinski definition) is 7. The van der Waals surface area contributed by atoms with Crippen LogP contribution in [0.15, 0.2) is 23.3 Å². The van der Waals surface area contributed by atoms with Crippen LogP contribution in [0.1, 0.15) is 19.2 Å². The molecule has 18 heavy (non-hydrogen) atoms. The maximum atomic E-state index is 4.66. The van der Waals surface area contributed by atoms with Crippen LogP contribution in [0, 0.1) is 0 Å². The van der Waals surface area contributed by atoms with Gasteiger partial charge in [-0.3, -0.25) is 0 Å². The fourth-order valence-electron chi connectivity index (χ4n) is 1.41. The van der Waals surface area contributed by atoms with Crippen molar-refractivity contribution in [1.82, 2.24) is 20.1 Å². The van der Waals surface area contributed by atoms with Crippen molar-refractivity contribution >= 4 is 11.6 Å². The molecule has 0 aliphatic heterocycles. The maximum Gasteiger partial charge on any atom is 0.213 e. The SMILES string of the molecule is CCCNc1cc(NCCc2ncon2)ncn1. The van der Waals surface area contributed by atoms with Crippen LogP contribution in [-0.2, 0) is 6.42 Å². The Labute approximate surface area is 105 Å². The van der Waals surface area contributed by atoms with Crippen molar-refractivity contribution in [2.24, 2.45) is 0 Å². The standard InChI is InChI=1S/C11H16N6O/c1-2-4-12-10-6-11(15-7-14-10)13-5-3-9-16-8-18-17-9/h6-8H,2-5H2,1H3,(H2,12,13,14,15). The summed E-state index contributed by atoms with van der Waals surface area (Å²) in [5.74, 6) is 2.29. The molecule has 0 spiro atoms.